The maximum Gasteiger partial charge on any atom is 0.118 e. The summed E-state index contributed by atoms with van der Waals surface area (Å²) < 4.78 is 5.48. The van der Waals surface area contributed by atoms with Crippen molar-refractivity contribution in [3.8, 4) is 0 Å². The molecule has 3 rings (SSSR count). The van der Waals surface area contributed by atoms with Crippen LogP contribution in [0.1, 0.15) is 39.0 Å². The number of piperidine rings is 1. The summed E-state index contributed by atoms with van der Waals surface area (Å²) in [6.45, 7) is 8.05. The Morgan fingerprint density at radius 3 is 2.47 bits per heavy atom. The van der Waals surface area contributed by atoms with Crippen molar-refractivity contribution < 1.29 is 4.74 Å². The highest BCUT2D eigenvalue weighted by Gasteiger charge is 2.54. The van der Waals surface area contributed by atoms with Crippen LogP contribution >= 0.6 is 0 Å². The Balaban J connectivity index is 1.36. The van der Waals surface area contributed by atoms with Crippen molar-refractivity contribution in [2.45, 2.75) is 39.0 Å². The Hall–Kier alpha value is -1.99. The highest BCUT2D eigenvalue weighted by Crippen LogP contribution is 2.59. The molecule has 1 spiro atoms. The topological polar surface area (TPSA) is 108 Å². The maximum atomic E-state index is 8.13. The molecular weight excluding hydrogens is 376 g/mol. The fourth-order valence-electron chi connectivity index (χ4n) is 4.89. The zero-order valence-corrected chi connectivity index (χ0v) is 18.5. The van der Waals surface area contributed by atoms with E-state index in [0.29, 0.717) is 28.5 Å². The van der Waals surface area contributed by atoms with Crippen LogP contribution in [0.25, 0.3) is 0 Å². The maximum absolute atomic E-state index is 8.13. The zero-order chi connectivity index (χ0) is 21.6. The summed E-state index contributed by atoms with van der Waals surface area (Å²) in [6.07, 6.45) is 11.1. The fourth-order valence-corrected chi connectivity index (χ4v) is 4.89. The third kappa shape index (κ3) is 6.01. The predicted molar refractivity (Wildman–Crippen MR) is 123 cm³/mol. The lowest BCUT2D eigenvalue weighted by atomic mass is 9.89. The molecular formula is C23H38N6O. The number of rotatable bonds is 9. The van der Waals surface area contributed by atoms with Gasteiger partial charge >= 0.3 is 0 Å². The normalized spacial score (nSPS) is 24.7. The SMILES string of the molecule is CN/C=C(\C(C)=N)C(=N)/C=C\C(=N)NCC1CC12CCN(CC1CCOCC1)CC2. The summed E-state index contributed by atoms with van der Waals surface area (Å²) in [5, 5.41) is 30.1. The van der Waals surface area contributed by atoms with E-state index in [4.69, 9.17) is 21.0 Å². The number of nitrogens with zero attached hydrogens (tertiary/aromatic N) is 1. The number of likely N-dealkylation sites (tertiary alicyclic amines) is 1. The van der Waals surface area contributed by atoms with Crippen LogP contribution in [0.4, 0.5) is 0 Å². The van der Waals surface area contributed by atoms with E-state index in [0.717, 1.165) is 25.7 Å². The van der Waals surface area contributed by atoms with Crippen molar-refractivity contribution in [3.05, 3.63) is 23.9 Å². The second-order valence-electron chi connectivity index (χ2n) is 9.13. The lowest BCUT2D eigenvalue weighted by Crippen LogP contribution is -2.40. The van der Waals surface area contributed by atoms with Crippen molar-refractivity contribution in [2.24, 2.45) is 17.3 Å². The van der Waals surface area contributed by atoms with Crippen LogP contribution in [0.5, 0.6) is 0 Å². The molecule has 2 aliphatic heterocycles. The van der Waals surface area contributed by atoms with Crippen molar-refractivity contribution >= 4 is 17.3 Å². The molecule has 0 aromatic heterocycles. The van der Waals surface area contributed by atoms with Crippen molar-refractivity contribution in [3.63, 3.8) is 0 Å². The molecule has 7 heteroatoms. The van der Waals surface area contributed by atoms with Gasteiger partial charge in [0.25, 0.3) is 0 Å². The summed E-state index contributed by atoms with van der Waals surface area (Å²) >= 11 is 0. The molecule has 0 aromatic rings. The first-order chi connectivity index (χ1) is 14.4. The summed E-state index contributed by atoms with van der Waals surface area (Å²) in [5.74, 6) is 1.82. The van der Waals surface area contributed by atoms with Crippen LogP contribution in [0.2, 0.25) is 0 Å². The molecule has 1 saturated carbocycles. The van der Waals surface area contributed by atoms with E-state index in [9.17, 15) is 0 Å². The molecule has 2 saturated heterocycles. The highest BCUT2D eigenvalue weighted by molar-refractivity contribution is 6.26. The van der Waals surface area contributed by atoms with Crippen LogP contribution in [0.15, 0.2) is 23.9 Å². The van der Waals surface area contributed by atoms with Gasteiger partial charge in [0.15, 0.2) is 0 Å². The highest BCUT2D eigenvalue weighted by atomic mass is 16.5. The van der Waals surface area contributed by atoms with Gasteiger partial charge in [0.05, 0.1) is 5.71 Å². The van der Waals surface area contributed by atoms with Crippen molar-refractivity contribution in [1.82, 2.24) is 15.5 Å². The molecule has 1 aliphatic carbocycles. The largest absolute Gasteiger partial charge is 0.393 e. The molecule has 1 atom stereocenters. The number of nitrogens with one attached hydrogen (secondary N) is 5. The smallest absolute Gasteiger partial charge is 0.118 e. The monoisotopic (exact) mass is 414 g/mol. The van der Waals surface area contributed by atoms with Gasteiger partial charge in [-0.2, -0.15) is 0 Å². The summed E-state index contributed by atoms with van der Waals surface area (Å²) in [4.78, 5) is 2.65. The summed E-state index contributed by atoms with van der Waals surface area (Å²) in [7, 11) is 1.75. The second-order valence-corrected chi connectivity index (χ2v) is 9.13. The molecule has 3 aliphatic rings. The van der Waals surface area contributed by atoms with E-state index in [1.807, 2.05) is 0 Å². The third-order valence-corrected chi connectivity index (χ3v) is 7.01. The number of hydrogen-bond donors (Lipinski definition) is 5. The van der Waals surface area contributed by atoms with Crippen molar-refractivity contribution in [1.29, 1.82) is 16.2 Å². The standard InChI is InChI=1S/C23H38N6O/c1-17(24)20(15-27-2)21(25)3-4-22(26)28-14-19-13-23(19)7-9-29(10-8-23)16-18-5-11-30-12-6-18/h3-4,15,18-19,24-25,27H,5-14,16H2,1-2H3,(H2,26,28)/b4-3-,20-15+,24-17?,25-21?. The van der Waals surface area contributed by atoms with Gasteiger partial charge in [-0.1, -0.05) is 0 Å². The Labute approximate surface area is 180 Å². The molecule has 30 heavy (non-hydrogen) atoms. The van der Waals surface area contributed by atoms with Gasteiger partial charge in [-0.05, 0) is 81.5 Å². The van der Waals surface area contributed by atoms with Crippen LogP contribution in [0.3, 0.4) is 0 Å². The molecule has 1 unspecified atom stereocenters. The van der Waals surface area contributed by atoms with E-state index >= 15 is 0 Å². The average molecular weight is 415 g/mol. The fraction of sp³-hybridized carbons (Fsp3) is 0.696. The van der Waals surface area contributed by atoms with Crippen molar-refractivity contribution in [2.75, 3.05) is 46.4 Å². The predicted octanol–water partition coefficient (Wildman–Crippen LogP) is 2.80. The van der Waals surface area contributed by atoms with Crippen LogP contribution in [-0.2, 0) is 4.74 Å². The molecule has 0 radical (unpaired) electrons. The summed E-state index contributed by atoms with van der Waals surface area (Å²) in [6, 6.07) is 0. The minimum absolute atomic E-state index is 0.239. The summed E-state index contributed by atoms with van der Waals surface area (Å²) in [5.41, 5.74) is 1.61. The van der Waals surface area contributed by atoms with E-state index in [1.54, 1.807) is 32.3 Å². The van der Waals surface area contributed by atoms with Crippen LogP contribution in [0, 0.1) is 33.5 Å². The lowest BCUT2D eigenvalue weighted by molar-refractivity contribution is 0.0448. The first-order valence-electron chi connectivity index (χ1n) is 11.3. The number of allylic oxidation sites excluding steroid dienone is 2. The van der Waals surface area contributed by atoms with E-state index in [2.05, 4.69) is 15.5 Å². The molecule has 5 N–H and O–H groups in total. The molecule has 166 valence electrons. The second kappa shape index (κ2) is 10.4. The zero-order valence-electron chi connectivity index (χ0n) is 18.5. The van der Waals surface area contributed by atoms with Gasteiger partial charge in [0.2, 0.25) is 0 Å². The Bertz CT molecular complexity index is 698. The van der Waals surface area contributed by atoms with E-state index in [-0.39, 0.29) is 5.71 Å². The Kier molecular flexibility index (Phi) is 7.83. The Morgan fingerprint density at radius 1 is 1.13 bits per heavy atom. The van der Waals surface area contributed by atoms with Gasteiger partial charge in [-0.3, -0.25) is 5.41 Å². The van der Waals surface area contributed by atoms with Crippen LogP contribution in [-0.4, -0.2) is 68.6 Å². The molecule has 0 aromatic carbocycles. The molecule has 2 heterocycles. The van der Waals surface area contributed by atoms with Crippen LogP contribution < -0.4 is 10.6 Å². The first-order valence-corrected chi connectivity index (χ1v) is 11.3. The molecule has 0 bridgehead atoms. The minimum Gasteiger partial charge on any atom is -0.393 e. The van der Waals surface area contributed by atoms with Gasteiger partial charge in [-0.15, -0.1) is 0 Å². The quantitative estimate of drug-likeness (QED) is 0.295. The van der Waals surface area contributed by atoms with Gasteiger partial charge in [-0.25, -0.2) is 0 Å². The molecule has 0 amide bonds. The number of amidine groups is 1. The van der Waals surface area contributed by atoms with E-state index in [1.165, 1.54) is 51.7 Å². The average Bonchev–Trinajstić information content (AvgIpc) is 3.43. The van der Waals surface area contributed by atoms with Gasteiger partial charge in [0, 0.05) is 50.8 Å². The number of ether oxygens (including phenoxy) is 1. The minimum atomic E-state index is 0.239. The Morgan fingerprint density at radius 2 is 1.83 bits per heavy atom. The lowest BCUT2D eigenvalue weighted by Gasteiger charge is -2.36. The molecule has 3 fully saturated rings. The van der Waals surface area contributed by atoms with Gasteiger partial charge in [0.1, 0.15) is 5.84 Å². The van der Waals surface area contributed by atoms with E-state index < -0.39 is 0 Å². The first kappa shape index (κ1) is 22.7. The number of hydrogen-bond acceptors (Lipinski definition) is 6. The molecule has 7 nitrogen and oxygen atoms in total. The van der Waals surface area contributed by atoms with Gasteiger partial charge < -0.3 is 31.1 Å². The third-order valence-electron chi connectivity index (χ3n) is 7.01.